The minimum Gasteiger partial charge on any atom is -0.467 e. The van der Waals surface area contributed by atoms with Crippen LogP contribution in [0.1, 0.15) is 33.1 Å². The van der Waals surface area contributed by atoms with E-state index in [1.165, 1.54) is 23.0 Å². The van der Waals surface area contributed by atoms with Gasteiger partial charge in [-0.25, -0.2) is 0 Å². The molecule has 0 saturated carbocycles. The van der Waals surface area contributed by atoms with E-state index in [9.17, 15) is 18.0 Å². The number of amides is 1. The number of aromatic nitrogens is 1. The van der Waals surface area contributed by atoms with Crippen molar-refractivity contribution in [1.82, 2.24) is 9.88 Å². The largest absolute Gasteiger partial charge is 0.467 e. The van der Waals surface area contributed by atoms with E-state index >= 15 is 0 Å². The van der Waals surface area contributed by atoms with Gasteiger partial charge in [0.15, 0.2) is 0 Å². The van der Waals surface area contributed by atoms with Crippen molar-refractivity contribution in [1.29, 1.82) is 0 Å². The highest BCUT2D eigenvalue weighted by Crippen LogP contribution is 2.35. The maximum Gasteiger partial charge on any atom is 0.418 e. The van der Waals surface area contributed by atoms with Gasteiger partial charge >= 0.3 is 6.18 Å². The third kappa shape index (κ3) is 3.37. The Labute approximate surface area is 148 Å². The third-order valence-electron chi connectivity index (χ3n) is 4.13. The molecule has 0 aliphatic carbocycles. The van der Waals surface area contributed by atoms with Crippen molar-refractivity contribution in [3.05, 3.63) is 77.0 Å². The molecule has 0 aliphatic heterocycles. The topological polar surface area (TPSA) is 47.2 Å². The van der Waals surface area contributed by atoms with Crippen molar-refractivity contribution in [3.63, 3.8) is 0 Å². The van der Waals surface area contributed by atoms with Crippen LogP contribution in [0.4, 0.5) is 13.2 Å². The molecule has 0 bridgehead atoms. The molecule has 1 N–H and O–H groups in total. The number of carbonyl (C=O) groups excluding carboxylic acids is 1. The Morgan fingerprint density at radius 3 is 2.54 bits per heavy atom. The van der Waals surface area contributed by atoms with E-state index in [0.29, 0.717) is 22.7 Å². The highest BCUT2D eigenvalue weighted by atomic mass is 19.4. The molecule has 136 valence electrons. The molecule has 26 heavy (non-hydrogen) atoms. The first-order chi connectivity index (χ1) is 12.3. The smallest absolute Gasteiger partial charge is 0.418 e. The molecule has 0 saturated heterocycles. The molecule has 7 heteroatoms. The summed E-state index contributed by atoms with van der Waals surface area (Å²) >= 11 is 0. The minimum absolute atomic E-state index is 0.0000783. The Morgan fingerprint density at radius 1 is 1.15 bits per heavy atom. The Morgan fingerprint density at radius 2 is 1.88 bits per heavy atom. The Hall–Kier alpha value is -2.96. The van der Waals surface area contributed by atoms with Crippen LogP contribution >= 0.6 is 0 Å². The number of nitrogens with one attached hydrogen (secondary N) is 1. The average molecular weight is 362 g/mol. The molecule has 0 spiro atoms. The molecule has 2 heterocycles. The van der Waals surface area contributed by atoms with Crippen LogP contribution in [0.5, 0.6) is 0 Å². The Balaban J connectivity index is 1.95. The first kappa shape index (κ1) is 17.8. The molecule has 1 aromatic carbocycles. The molecule has 0 unspecified atom stereocenters. The van der Waals surface area contributed by atoms with Crippen molar-refractivity contribution >= 4 is 5.91 Å². The molecular formula is C19H17F3N2O2. The van der Waals surface area contributed by atoms with Gasteiger partial charge in [0.25, 0.3) is 5.91 Å². The molecule has 0 fully saturated rings. The maximum absolute atomic E-state index is 13.3. The normalized spacial score (nSPS) is 11.6. The highest BCUT2D eigenvalue weighted by molar-refractivity contribution is 5.95. The van der Waals surface area contributed by atoms with Crippen LogP contribution in [-0.2, 0) is 12.7 Å². The first-order valence-corrected chi connectivity index (χ1v) is 7.95. The van der Waals surface area contributed by atoms with E-state index in [0.717, 1.165) is 6.07 Å². The lowest BCUT2D eigenvalue weighted by Crippen LogP contribution is -2.23. The molecule has 0 atom stereocenters. The number of alkyl halides is 3. The molecule has 0 aliphatic rings. The zero-order valence-electron chi connectivity index (χ0n) is 14.2. The summed E-state index contributed by atoms with van der Waals surface area (Å²) < 4.78 is 46.6. The number of halogens is 3. The Bertz CT molecular complexity index is 925. The molecule has 4 nitrogen and oxygen atoms in total. The first-order valence-electron chi connectivity index (χ1n) is 7.95. The van der Waals surface area contributed by atoms with Gasteiger partial charge in [-0.15, -0.1) is 0 Å². The van der Waals surface area contributed by atoms with Crippen LogP contribution in [0.2, 0.25) is 0 Å². The average Bonchev–Trinajstić information content (AvgIpc) is 3.20. The van der Waals surface area contributed by atoms with Gasteiger partial charge in [-0.05, 0) is 44.2 Å². The second-order valence-corrected chi connectivity index (χ2v) is 5.90. The monoisotopic (exact) mass is 362 g/mol. The van der Waals surface area contributed by atoms with Gasteiger partial charge in [-0.3, -0.25) is 4.79 Å². The second-order valence-electron chi connectivity index (χ2n) is 5.90. The molecule has 0 radical (unpaired) electrons. The van der Waals surface area contributed by atoms with Gasteiger partial charge in [0, 0.05) is 11.4 Å². The summed E-state index contributed by atoms with van der Waals surface area (Å²) in [5, 5.41) is 2.71. The lowest BCUT2D eigenvalue weighted by molar-refractivity contribution is -0.137. The fraction of sp³-hybridized carbons (Fsp3) is 0.211. The number of aryl methyl sites for hydroxylation is 1. The van der Waals surface area contributed by atoms with Crippen LogP contribution < -0.4 is 5.32 Å². The van der Waals surface area contributed by atoms with E-state index in [4.69, 9.17) is 4.42 Å². The SMILES string of the molecule is Cc1cc(C(=O)NCc2ccco2)c(C)n1-c1ccccc1C(F)(F)F. The van der Waals surface area contributed by atoms with E-state index in [1.807, 2.05) is 0 Å². The summed E-state index contributed by atoms with van der Waals surface area (Å²) in [5.74, 6) is 0.222. The van der Waals surface area contributed by atoms with Crippen molar-refractivity contribution in [2.75, 3.05) is 0 Å². The number of furan rings is 1. The fourth-order valence-corrected chi connectivity index (χ4v) is 2.95. The molecule has 3 aromatic rings. The zero-order valence-corrected chi connectivity index (χ0v) is 14.2. The summed E-state index contributed by atoms with van der Waals surface area (Å²) in [7, 11) is 0. The molecular weight excluding hydrogens is 345 g/mol. The molecule has 1 amide bonds. The lowest BCUT2D eigenvalue weighted by atomic mass is 10.1. The van der Waals surface area contributed by atoms with Gasteiger partial charge in [0.2, 0.25) is 0 Å². The van der Waals surface area contributed by atoms with Gasteiger partial charge < -0.3 is 14.3 Å². The number of hydrogen-bond donors (Lipinski definition) is 1. The predicted octanol–water partition coefficient (Wildman–Crippen LogP) is 4.64. The summed E-state index contributed by atoms with van der Waals surface area (Å²) in [4.78, 5) is 12.5. The van der Waals surface area contributed by atoms with Gasteiger partial charge in [-0.2, -0.15) is 13.2 Å². The van der Waals surface area contributed by atoms with Crippen molar-refractivity contribution < 1.29 is 22.4 Å². The number of benzene rings is 1. The summed E-state index contributed by atoms with van der Waals surface area (Å²) in [5.41, 5.74) is 0.564. The van der Waals surface area contributed by atoms with E-state index in [-0.39, 0.29) is 18.1 Å². The maximum atomic E-state index is 13.3. The van der Waals surface area contributed by atoms with Crippen molar-refractivity contribution in [3.8, 4) is 5.69 Å². The third-order valence-corrected chi connectivity index (χ3v) is 4.13. The number of carbonyl (C=O) groups is 1. The molecule has 2 aromatic heterocycles. The van der Waals surface area contributed by atoms with Gasteiger partial charge in [0.05, 0.1) is 29.6 Å². The minimum atomic E-state index is -4.48. The quantitative estimate of drug-likeness (QED) is 0.735. The van der Waals surface area contributed by atoms with Crippen LogP contribution in [0.15, 0.2) is 53.1 Å². The number of rotatable bonds is 4. The summed E-state index contributed by atoms with van der Waals surface area (Å²) in [6.45, 7) is 3.50. The van der Waals surface area contributed by atoms with E-state index in [1.54, 1.807) is 38.1 Å². The standard InChI is InChI=1S/C19H17F3N2O2/c1-12-10-15(18(25)23-11-14-6-5-9-26-14)13(2)24(12)17-8-4-3-7-16(17)19(20,21)22/h3-10H,11H2,1-2H3,(H,23,25). The molecule has 3 rings (SSSR count). The van der Waals surface area contributed by atoms with Crippen molar-refractivity contribution in [2.24, 2.45) is 0 Å². The van der Waals surface area contributed by atoms with Crippen LogP contribution in [0.25, 0.3) is 5.69 Å². The van der Waals surface area contributed by atoms with Crippen LogP contribution in [-0.4, -0.2) is 10.5 Å². The number of hydrogen-bond acceptors (Lipinski definition) is 2. The fourth-order valence-electron chi connectivity index (χ4n) is 2.95. The lowest BCUT2D eigenvalue weighted by Gasteiger charge is -2.16. The van der Waals surface area contributed by atoms with E-state index in [2.05, 4.69) is 5.32 Å². The second kappa shape index (κ2) is 6.74. The van der Waals surface area contributed by atoms with Crippen LogP contribution in [0, 0.1) is 13.8 Å². The van der Waals surface area contributed by atoms with Crippen LogP contribution in [0.3, 0.4) is 0 Å². The van der Waals surface area contributed by atoms with E-state index < -0.39 is 11.7 Å². The predicted molar refractivity (Wildman–Crippen MR) is 90.1 cm³/mol. The van der Waals surface area contributed by atoms with Gasteiger partial charge in [0.1, 0.15) is 5.76 Å². The van der Waals surface area contributed by atoms with Gasteiger partial charge in [-0.1, -0.05) is 12.1 Å². The number of nitrogens with zero attached hydrogens (tertiary/aromatic N) is 1. The highest BCUT2D eigenvalue weighted by Gasteiger charge is 2.34. The zero-order chi connectivity index (χ0) is 18.9. The summed E-state index contributed by atoms with van der Waals surface area (Å²) in [6, 6.07) is 10.3. The number of para-hydroxylation sites is 1. The Kier molecular flexibility index (Phi) is 4.63. The van der Waals surface area contributed by atoms with Crippen molar-refractivity contribution in [2.45, 2.75) is 26.6 Å². The summed E-state index contributed by atoms with van der Waals surface area (Å²) in [6.07, 6.45) is -2.98.